The first-order valence-corrected chi connectivity index (χ1v) is 14.1. The number of nitrogens with one attached hydrogen (secondary N) is 1. The Labute approximate surface area is 225 Å². The summed E-state index contributed by atoms with van der Waals surface area (Å²) in [7, 11) is -2.70. The van der Waals surface area contributed by atoms with Crippen molar-refractivity contribution in [2.24, 2.45) is 0 Å². The van der Waals surface area contributed by atoms with E-state index in [1.165, 1.54) is 24.1 Å². The summed E-state index contributed by atoms with van der Waals surface area (Å²) in [5.41, 5.74) is 1.05. The minimum absolute atomic E-state index is 0.0404. The van der Waals surface area contributed by atoms with Crippen LogP contribution in [0.15, 0.2) is 89.8 Å². The Kier molecular flexibility index (Phi) is 10.3. The number of carbonyl (C=O) groups is 2. The Morgan fingerprint density at radius 2 is 1.53 bits per heavy atom. The van der Waals surface area contributed by atoms with Crippen LogP contribution in [0.2, 0.25) is 0 Å². The zero-order valence-electron chi connectivity index (χ0n) is 22.0. The van der Waals surface area contributed by atoms with E-state index in [2.05, 4.69) is 5.32 Å². The molecule has 0 aliphatic carbocycles. The van der Waals surface area contributed by atoms with Crippen molar-refractivity contribution in [2.45, 2.75) is 44.2 Å². The molecule has 3 aromatic rings. The van der Waals surface area contributed by atoms with E-state index < -0.39 is 28.5 Å². The average Bonchev–Trinajstić information content (AvgIpc) is 2.95. The number of benzene rings is 3. The Morgan fingerprint density at radius 1 is 0.921 bits per heavy atom. The Balaban J connectivity index is 2.01. The number of anilines is 1. The van der Waals surface area contributed by atoms with Gasteiger partial charge < -0.3 is 15.0 Å². The number of carbonyl (C=O) groups excluding carboxylic acids is 2. The van der Waals surface area contributed by atoms with E-state index in [1.807, 2.05) is 37.3 Å². The lowest BCUT2D eigenvalue weighted by atomic mass is 10.1. The van der Waals surface area contributed by atoms with Gasteiger partial charge in [-0.2, -0.15) is 0 Å². The molecule has 0 aliphatic rings. The van der Waals surface area contributed by atoms with Gasteiger partial charge in [0.05, 0.1) is 17.7 Å². The van der Waals surface area contributed by atoms with Crippen LogP contribution in [-0.4, -0.2) is 51.4 Å². The Bertz CT molecular complexity index is 1300. The van der Waals surface area contributed by atoms with Crippen LogP contribution in [0, 0.1) is 0 Å². The number of para-hydroxylation sites is 2. The zero-order valence-corrected chi connectivity index (χ0v) is 22.9. The highest BCUT2D eigenvalue weighted by Gasteiger charge is 2.33. The van der Waals surface area contributed by atoms with Crippen LogP contribution in [-0.2, 0) is 26.2 Å². The maximum Gasteiger partial charge on any atom is 0.264 e. The molecule has 1 atom stereocenters. The molecule has 0 aromatic heterocycles. The smallest absolute Gasteiger partial charge is 0.264 e. The number of rotatable bonds is 13. The summed E-state index contributed by atoms with van der Waals surface area (Å²) in [6.07, 6.45) is 1.74. The van der Waals surface area contributed by atoms with Gasteiger partial charge >= 0.3 is 0 Å². The first kappa shape index (κ1) is 28.7. The maximum absolute atomic E-state index is 13.9. The molecule has 0 spiro atoms. The lowest BCUT2D eigenvalue weighted by molar-refractivity contribution is -0.139. The minimum Gasteiger partial charge on any atom is -0.495 e. The van der Waals surface area contributed by atoms with Crippen molar-refractivity contribution < 1.29 is 22.7 Å². The Morgan fingerprint density at radius 3 is 2.16 bits per heavy atom. The van der Waals surface area contributed by atoms with Crippen LogP contribution in [0.3, 0.4) is 0 Å². The molecule has 0 bridgehead atoms. The predicted molar refractivity (Wildman–Crippen MR) is 148 cm³/mol. The zero-order chi connectivity index (χ0) is 27.5. The number of hydrogen-bond donors (Lipinski definition) is 1. The molecular weight excluding hydrogens is 502 g/mol. The van der Waals surface area contributed by atoms with E-state index in [1.54, 1.807) is 49.4 Å². The maximum atomic E-state index is 13.9. The molecule has 202 valence electrons. The monoisotopic (exact) mass is 537 g/mol. The quantitative estimate of drug-likeness (QED) is 0.329. The number of unbranched alkanes of at least 4 members (excludes halogenated alkanes) is 1. The van der Waals surface area contributed by atoms with E-state index in [0.717, 1.165) is 22.7 Å². The second kappa shape index (κ2) is 13.6. The average molecular weight is 538 g/mol. The number of ether oxygens (including phenoxy) is 1. The van der Waals surface area contributed by atoms with E-state index >= 15 is 0 Å². The summed E-state index contributed by atoms with van der Waals surface area (Å²) in [6, 6.07) is 23.0. The molecule has 0 heterocycles. The Hall–Kier alpha value is -3.85. The topological polar surface area (TPSA) is 96.0 Å². The van der Waals surface area contributed by atoms with Crippen LogP contribution >= 0.6 is 0 Å². The second-order valence-electron chi connectivity index (χ2n) is 8.82. The van der Waals surface area contributed by atoms with Crippen molar-refractivity contribution >= 4 is 27.5 Å². The molecule has 0 unspecified atom stereocenters. The molecule has 9 heteroatoms. The normalized spacial score (nSPS) is 11.9. The number of sulfonamides is 1. The number of hydrogen-bond acceptors (Lipinski definition) is 5. The van der Waals surface area contributed by atoms with Gasteiger partial charge in [-0.3, -0.25) is 13.9 Å². The molecule has 0 radical (unpaired) electrons. The molecule has 3 rings (SSSR count). The first-order chi connectivity index (χ1) is 18.3. The molecule has 0 saturated heterocycles. The van der Waals surface area contributed by atoms with E-state index in [0.29, 0.717) is 12.3 Å². The van der Waals surface area contributed by atoms with Gasteiger partial charge in [-0.1, -0.05) is 74.0 Å². The summed E-state index contributed by atoms with van der Waals surface area (Å²) in [5, 5.41) is 2.88. The standard InChI is InChI=1S/C29H35N3O5S/c1-4-5-20-30-29(34)23(2)31(21-24-14-8-6-9-15-24)28(33)22-32(26-18-12-13-19-27(26)37-3)38(35,36)25-16-10-7-11-17-25/h6-19,23H,4-5,20-22H2,1-3H3,(H,30,34)/t23-/m1/s1. The summed E-state index contributed by atoms with van der Waals surface area (Å²) in [6.45, 7) is 3.81. The third-order valence-corrected chi connectivity index (χ3v) is 7.93. The second-order valence-corrected chi connectivity index (χ2v) is 10.7. The fourth-order valence-electron chi connectivity index (χ4n) is 3.97. The molecule has 3 aromatic carbocycles. The molecule has 2 amide bonds. The number of methoxy groups -OCH3 is 1. The summed E-state index contributed by atoms with van der Waals surface area (Å²) >= 11 is 0. The molecule has 8 nitrogen and oxygen atoms in total. The highest BCUT2D eigenvalue weighted by Crippen LogP contribution is 2.32. The molecular formula is C29H35N3O5S. The van der Waals surface area contributed by atoms with Gasteiger partial charge in [-0.15, -0.1) is 0 Å². The third kappa shape index (κ3) is 7.13. The van der Waals surface area contributed by atoms with Gasteiger partial charge in [0.1, 0.15) is 18.3 Å². The van der Waals surface area contributed by atoms with Crippen molar-refractivity contribution in [2.75, 3.05) is 24.5 Å². The highest BCUT2D eigenvalue weighted by atomic mass is 32.2. The molecule has 0 saturated carbocycles. The van der Waals surface area contributed by atoms with Crippen LogP contribution in [0.25, 0.3) is 0 Å². The van der Waals surface area contributed by atoms with E-state index in [-0.39, 0.29) is 23.0 Å². The predicted octanol–water partition coefficient (Wildman–Crippen LogP) is 4.22. The van der Waals surface area contributed by atoms with Gasteiger partial charge in [-0.25, -0.2) is 8.42 Å². The van der Waals surface area contributed by atoms with Gasteiger partial charge in [0.25, 0.3) is 10.0 Å². The molecule has 38 heavy (non-hydrogen) atoms. The first-order valence-electron chi connectivity index (χ1n) is 12.6. The van der Waals surface area contributed by atoms with Gasteiger partial charge in [-0.05, 0) is 43.2 Å². The molecule has 0 fully saturated rings. The SMILES string of the molecule is CCCCNC(=O)[C@@H](C)N(Cc1ccccc1)C(=O)CN(c1ccccc1OC)S(=O)(=O)c1ccccc1. The number of amides is 2. The van der Waals surface area contributed by atoms with Crippen molar-refractivity contribution in [3.05, 3.63) is 90.5 Å². The van der Waals surface area contributed by atoms with Crippen molar-refractivity contribution in [1.82, 2.24) is 10.2 Å². The summed E-state index contributed by atoms with van der Waals surface area (Å²) < 4.78 is 34.1. The third-order valence-electron chi connectivity index (χ3n) is 6.16. The van der Waals surface area contributed by atoms with Crippen LogP contribution in [0.4, 0.5) is 5.69 Å². The molecule has 0 aliphatic heterocycles. The fraction of sp³-hybridized carbons (Fsp3) is 0.310. The van der Waals surface area contributed by atoms with Crippen LogP contribution < -0.4 is 14.4 Å². The summed E-state index contributed by atoms with van der Waals surface area (Å²) in [4.78, 5) is 28.3. The highest BCUT2D eigenvalue weighted by molar-refractivity contribution is 7.92. The lowest BCUT2D eigenvalue weighted by Crippen LogP contribution is -2.51. The van der Waals surface area contributed by atoms with Gasteiger partial charge in [0.2, 0.25) is 11.8 Å². The van der Waals surface area contributed by atoms with Crippen LogP contribution in [0.5, 0.6) is 5.75 Å². The number of nitrogens with zero attached hydrogens (tertiary/aromatic N) is 2. The fourth-order valence-corrected chi connectivity index (χ4v) is 5.41. The lowest BCUT2D eigenvalue weighted by Gasteiger charge is -2.32. The molecule has 1 N–H and O–H groups in total. The van der Waals surface area contributed by atoms with E-state index in [9.17, 15) is 18.0 Å². The largest absolute Gasteiger partial charge is 0.495 e. The summed E-state index contributed by atoms with van der Waals surface area (Å²) in [5.74, 6) is -0.505. The minimum atomic E-state index is -4.15. The van der Waals surface area contributed by atoms with Gasteiger partial charge in [0, 0.05) is 13.1 Å². The van der Waals surface area contributed by atoms with Crippen molar-refractivity contribution in [1.29, 1.82) is 0 Å². The van der Waals surface area contributed by atoms with Crippen molar-refractivity contribution in [3.63, 3.8) is 0 Å². The van der Waals surface area contributed by atoms with Crippen LogP contribution in [0.1, 0.15) is 32.3 Å². The van der Waals surface area contributed by atoms with E-state index in [4.69, 9.17) is 4.74 Å². The van der Waals surface area contributed by atoms with Crippen molar-refractivity contribution in [3.8, 4) is 5.75 Å². The van der Waals surface area contributed by atoms with Gasteiger partial charge in [0.15, 0.2) is 0 Å².